The lowest BCUT2D eigenvalue weighted by atomic mass is 10.0. The number of ether oxygens (including phenoxy) is 1. The van der Waals surface area contributed by atoms with Crippen molar-refractivity contribution in [1.82, 2.24) is 4.90 Å². The van der Waals surface area contributed by atoms with E-state index >= 15 is 0 Å². The van der Waals surface area contributed by atoms with Crippen molar-refractivity contribution in [1.29, 1.82) is 0 Å². The van der Waals surface area contributed by atoms with E-state index in [0.29, 0.717) is 6.61 Å². The second kappa shape index (κ2) is 6.16. The van der Waals surface area contributed by atoms with Gasteiger partial charge >= 0.3 is 0 Å². The first-order valence-electron chi connectivity index (χ1n) is 6.79. The molecule has 102 valence electrons. The first-order valence-corrected chi connectivity index (χ1v) is 6.79. The Morgan fingerprint density at radius 1 is 1.20 bits per heavy atom. The number of likely N-dealkylation sites (N-methyl/N-ethyl adjacent to an activating group) is 1. The standard InChI is InChI=1S/C18H19NO/c1-5-15-10-13-18(19(6-2)14(15)4)16-8-11-17(12-9-16)20-7-3/h1,8-13H,4,6-7H2,2-3H3. The Bertz CT molecular complexity index is 599. The maximum absolute atomic E-state index is 5.50. The predicted molar refractivity (Wildman–Crippen MR) is 84.0 cm³/mol. The third kappa shape index (κ3) is 2.62. The predicted octanol–water partition coefficient (Wildman–Crippen LogP) is 3.84. The lowest BCUT2D eigenvalue weighted by molar-refractivity contribution is 0.340. The first-order chi connectivity index (χ1) is 9.71. The summed E-state index contributed by atoms with van der Waals surface area (Å²) in [6, 6.07) is 8.08. The molecule has 2 rings (SSSR count). The van der Waals surface area contributed by atoms with Crippen LogP contribution in [0.15, 0.2) is 54.3 Å². The Morgan fingerprint density at radius 3 is 2.45 bits per heavy atom. The van der Waals surface area contributed by atoms with E-state index in [1.165, 1.54) is 0 Å². The van der Waals surface area contributed by atoms with E-state index in [4.69, 9.17) is 11.2 Å². The van der Waals surface area contributed by atoms with E-state index in [-0.39, 0.29) is 0 Å². The van der Waals surface area contributed by atoms with Gasteiger partial charge in [0.25, 0.3) is 0 Å². The summed E-state index contributed by atoms with van der Waals surface area (Å²) in [5, 5.41) is 0. The monoisotopic (exact) mass is 265 g/mol. The van der Waals surface area contributed by atoms with Crippen molar-refractivity contribution in [3.8, 4) is 18.1 Å². The highest BCUT2D eigenvalue weighted by atomic mass is 16.5. The van der Waals surface area contributed by atoms with Gasteiger partial charge in [0.15, 0.2) is 0 Å². The summed E-state index contributed by atoms with van der Waals surface area (Å²) in [5.74, 6) is 3.55. The van der Waals surface area contributed by atoms with Gasteiger partial charge in [-0.15, -0.1) is 6.42 Å². The average Bonchev–Trinajstić information content (AvgIpc) is 2.48. The van der Waals surface area contributed by atoms with E-state index < -0.39 is 0 Å². The zero-order chi connectivity index (χ0) is 14.5. The number of rotatable bonds is 4. The van der Waals surface area contributed by atoms with Crippen LogP contribution in [0.1, 0.15) is 19.4 Å². The van der Waals surface area contributed by atoms with Crippen LogP contribution in [0.3, 0.4) is 0 Å². The fraction of sp³-hybridized carbons (Fsp3) is 0.222. The van der Waals surface area contributed by atoms with Gasteiger partial charge in [0.2, 0.25) is 0 Å². The molecule has 0 saturated heterocycles. The van der Waals surface area contributed by atoms with Crippen LogP contribution in [-0.2, 0) is 0 Å². The van der Waals surface area contributed by atoms with Gasteiger partial charge in [0, 0.05) is 23.5 Å². The molecule has 0 fully saturated rings. The molecule has 0 radical (unpaired) electrons. The van der Waals surface area contributed by atoms with Gasteiger partial charge in [-0.05, 0) is 55.8 Å². The van der Waals surface area contributed by atoms with Crippen LogP contribution in [0.2, 0.25) is 0 Å². The van der Waals surface area contributed by atoms with Gasteiger partial charge in [-0.1, -0.05) is 12.5 Å². The van der Waals surface area contributed by atoms with Crippen LogP contribution in [0.25, 0.3) is 5.70 Å². The lowest BCUT2D eigenvalue weighted by Crippen LogP contribution is -2.23. The number of allylic oxidation sites excluding steroid dienone is 3. The molecule has 0 bridgehead atoms. The smallest absolute Gasteiger partial charge is 0.119 e. The summed E-state index contributed by atoms with van der Waals surface area (Å²) >= 11 is 0. The Hall–Kier alpha value is -2.40. The zero-order valence-corrected chi connectivity index (χ0v) is 12.0. The summed E-state index contributed by atoms with van der Waals surface area (Å²) in [6.07, 6.45) is 9.49. The molecule has 0 atom stereocenters. The number of benzene rings is 1. The van der Waals surface area contributed by atoms with Crippen molar-refractivity contribution in [2.45, 2.75) is 13.8 Å². The fourth-order valence-corrected chi connectivity index (χ4v) is 2.27. The van der Waals surface area contributed by atoms with E-state index in [0.717, 1.165) is 34.8 Å². The highest BCUT2D eigenvalue weighted by molar-refractivity contribution is 5.72. The van der Waals surface area contributed by atoms with Crippen molar-refractivity contribution in [2.24, 2.45) is 0 Å². The molecule has 1 aromatic carbocycles. The maximum atomic E-state index is 5.50. The van der Waals surface area contributed by atoms with Gasteiger partial charge in [0.05, 0.1) is 6.61 Å². The van der Waals surface area contributed by atoms with Crippen LogP contribution in [-0.4, -0.2) is 18.1 Å². The molecule has 0 N–H and O–H groups in total. The normalized spacial score (nSPS) is 14.4. The minimum atomic E-state index is 0.675. The van der Waals surface area contributed by atoms with Crippen LogP contribution >= 0.6 is 0 Å². The largest absolute Gasteiger partial charge is 0.494 e. The highest BCUT2D eigenvalue weighted by Gasteiger charge is 2.18. The van der Waals surface area contributed by atoms with E-state index in [9.17, 15) is 0 Å². The topological polar surface area (TPSA) is 12.5 Å². The molecule has 0 aromatic heterocycles. The average molecular weight is 265 g/mol. The Balaban J connectivity index is 2.35. The van der Waals surface area contributed by atoms with Gasteiger partial charge < -0.3 is 9.64 Å². The summed E-state index contributed by atoms with van der Waals surface area (Å²) in [4.78, 5) is 2.13. The van der Waals surface area contributed by atoms with E-state index in [1.54, 1.807) is 0 Å². The molecular formula is C18H19NO. The highest BCUT2D eigenvalue weighted by Crippen LogP contribution is 2.30. The second-order valence-corrected chi connectivity index (χ2v) is 4.42. The Labute approximate surface area is 121 Å². The molecule has 0 aliphatic carbocycles. The van der Waals surface area contributed by atoms with Gasteiger partial charge in [-0.25, -0.2) is 0 Å². The number of terminal acetylenes is 1. The van der Waals surface area contributed by atoms with Gasteiger partial charge in [0.1, 0.15) is 5.75 Å². The van der Waals surface area contributed by atoms with Crippen molar-refractivity contribution < 1.29 is 4.74 Å². The van der Waals surface area contributed by atoms with E-state index in [1.807, 2.05) is 31.2 Å². The molecule has 1 heterocycles. The third-order valence-corrected chi connectivity index (χ3v) is 3.27. The van der Waals surface area contributed by atoms with Crippen molar-refractivity contribution in [2.75, 3.05) is 13.2 Å². The summed E-state index contributed by atoms with van der Waals surface area (Å²) in [5.41, 5.74) is 3.95. The molecule has 0 unspecified atom stereocenters. The van der Waals surface area contributed by atoms with Crippen LogP contribution in [0.4, 0.5) is 0 Å². The number of nitrogens with zero attached hydrogens (tertiary/aromatic N) is 1. The first kappa shape index (κ1) is 14.0. The molecule has 0 amide bonds. The molecule has 1 aliphatic heterocycles. The van der Waals surface area contributed by atoms with Crippen LogP contribution < -0.4 is 4.74 Å². The number of hydrogen-bond donors (Lipinski definition) is 0. The third-order valence-electron chi connectivity index (χ3n) is 3.27. The quantitative estimate of drug-likeness (QED) is 0.767. The molecule has 2 heteroatoms. The van der Waals surface area contributed by atoms with E-state index in [2.05, 4.69) is 36.5 Å². The molecule has 0 spiro atoms. The van der Waals surface area contributed by atoms with Crippen molar-refractivity contribution in [3.63, 3.8) is 0 Å². The Morgan fingerprint density at radius 2 is 1.90 bits per heavy atom. The summed E-state index contributed by atoms with van der Waals surface area (Å²) in [6.45, 7) is 9.67. The minimum Gasteiger partial charge on any atom is -0.494 e. The number of hydrogen-bond acceptors (Lipinski definition) is 2. The minimum absolute atomic E-state index is 0.675. The van der Waals surface area contributed by atoms with Crippen LogP contribution in [0, 0.1) is 12.3 Å². The molecule has 0 saturated carbocycles. The fourth-order valence-electron chi connectivity index (χ4n) is 2.27. The molecule has 20 heavy (non-hydrogen) atoms. The van der Waals surface area contributed by atoms with Crippen molar-refractivity contribution in [3.05, 3.63) is 59.8 Å². The van der Waals surface area contributed by atoms with Crippen LogP contribution in [0.5, 0.6) is 5.75 Å². The molecule has 2 nitrogen and oxygen atoms in total. The lowest BCUT2D eigenvalue weighted by Gasteiger charge is -2.30. The SMILES string of the molecule is C#CC1=CC=C(c2ccc(OCC)cc2)N(CC)C1=C. The zero-order valence-electron chi connectivity index (χ0n) is 12.0. The van der Waals surface area contributed by atoms with Gasteiger partial charge in [-0.2, -0.15) is 0 Å². The second-order valence-electron chi connectivity index (χ2n) is 4.42. The van der Waals surface area contributed by atoms with Crippen molar-refractivity contribution >= 4 is 5.70 Å². The molecular weight excluding hydrogens is 246 g/mol. The summed E-state index contributed by atoms with van der Waals surface area (Å²) in [7, 11) is 0. The molecule has 1 aromatic rings. The Kier molecular flexibility index (Phi) is 4.32. The molecule has 1 aliphatic rings. The maximum Gasteiger partial charge on any atom is 0.119 e. The van der Waals surface area contributed by atoms with Gasteiger partial charge in [-0.3, -0.25) is 0 Å². The summed E-state index contributed by atoms with van der Waals surface area (Å²) < 4.78 is 5.47.